The lowest BCUT2D eigenvalue weighted by Gasteiger charge is -2.18. The lowest BCUT2D eigenvalue weighted by molar-refractivity contribution is -0.141. The van der Waals surface area contributed by atoms with E-state index in [9.17, 15) is 13.2 Å². The van der Waals surface area contributed by atoms with Crippen LogP contribution < -0.4 is 16.6 Å². The Morgan fingerprint density at radius 2 is 1.75 bits per heavy atom. The number of hydrogen-bond donors (Lipinski definition) is 3. The molecule has 0 radical (unpaired) electrons. The van der Waals surface area contributed by atoms with E-state index in [0.717, 1.165) is 31.7 Å². The van der Waals surface area contributed by atoms with E-state index in [1.54, 1.807) is 0 Å². The smallest absolute Gasteiger partial charge is 0.367 e. The monoisotopic (exact) mass is 289 g/mol. The molecule has 2 rings (SSSR count). The zero-order chi connectivity index (χ0) is 14.6. The summed E-state index contributed by atoms with van der Waals surface area (Å²) in [6.45, 7) is 0. The first-order valence-corrected chi connectivity index (χ1v) is 6.68. The third-order valence-corrected chi connectivity index (χ3v) is 3.35. The topological polar surface area (TPSA) is 75.9 Å². The molecule has 0 saturated heterocycles. The fourth-order valence-electron chi connectivity index (χ4n) is 2.36. The average Bonchev–Trinajstić information content (AvgIpc) is 2.66. The van der Waals surface area contributed by atoms with Gasteiger partial charge in [0.2, 0.25) is 5.95 Å². The molecule has 0 unspecified atom stereocenters. The molecule has 0 aromatic carbocycles. The van der Waals surface area contributed by atoms with E-state index in [1.807, 2.05) is 0 Å². The highest BCUT2D eigenvalue weighted by Crippen LogP contribution is 2.30. The molecule has 0 atom stereocenters. The van der Waals surface area contributed by atoms with Crippen LogP contribution in [-0.4, -0.2) is 16.0 Å². The maximum atomic E-state index is 12.7. The quantitative estimate of drug-likeness (QED) is 0.453. The Morgan fingerprint density at radius 1 is 1.10 bits per heavy atom. The Morgan fingerprint density at radius 3 is 2.30 bits per heavy atom. The van der Waals surface area contributed by atoms with Crippen LogP contribution in [-0.2, 0) is 6.18 Å². The van der Waals surface area contributed by atoms with Crippen molar-refractivity contribution in [2.24, 2.45) is 5.84 Å². The van der Waals surface area contributed by atoms with Gasteiger partial charge in [-0.3, -0.25) is 5.43 Å². The van der Waals surface area contributed by atoms with Crippen LogP contribution in [0.5, 0.6) is 0 Å². The Hall–Kier alpha value is -1.57. The number of alkyl halides is 3. The molecule has 0 aliphatic heterocycles. The molecule has 112 valence electrons. The number of nitrogens with zero attached hydrogens (tertiary/aromatic N) is 2. The number of rotatable bonds is 3. The minimum Gasteiger partial charge on any atom is -0.367 e. The summed E-state index contributed by atoms with van der Waals surface area (Å²) in [5.74, 6) is 5.04. The van der Waals surface area contributed by atoms with Crippen LogP contribution in [0.4, 0.5) is 24.9 Å². The molecule has 8 heteroatoms. The molecule has 1 fully saturated rings. The number of nitrogen functional groups attached to an aromatic ring is 1. The first-order valence-electron chi connectivity index (χ1n) is 6.68. The van der Waals surface area contributed by atoms with Crippen molar-refractivity contribution in [3.05, 3.63) is 11.8 Å². The van der Waals surface area contributed by atoms with E-state index >= 15 is 0 Å². The van der Waals surface area contributed by atoms with E-state index in [2.05, 4.69) is 20.7 Å². The van der Waals surface area contributed by atoms with Gasteiger partial charge in [0, 0.05) is 12.1 Å². The highest BCUT2D eigenvalue weighted by molar-refractivity contribution is 5.43. The second-order valence-electron chi connectivity index (χ2n) is 4.94. The van der Waals surface area contributed by atoms with Crippen molar-refractivity contribution in [3.63, 3.8) is 0 Å². The maximum absolute atomic E-state index is 12.7. The predicted molar refractivity (Wildman–Crippen MR) is 70.0 cm³/mol. The molecular weight excluding hydrogens is 271 g/mol. The second-order valence-corrected chi connectivity index (χ2v) is 4.94. The molecular formula is C12H18F3N5. The summed E-state index contributed by atoms with van der Waals surface area (Å²) < 4.78 is 38.2. The summed E-state index contributed by atoms with van der Waals surface area (Å²) in [6.07, 6.45) is 1.87. The average molecular weight is 289 g/mol. The SMILES string of the molecule is NNc1nc(NC2CCCCCC2)cc(C(F)(F)F)n1. The van der Waals surface area contributed by atoms with Gasteiger partial charge in [0.25, 0.3) is 0 Å². The van der Waals surface area contributed by atoms with Gasteiger partial charge in [0.05, 0.1) is 0 Å². The van der Waals surface area contributed by atoms with E-state index in [0.29, 0.717) is 0 Å². The number of anilines is 2. The van der Waals surface area contributed by atoms with Gasteiger partial charge in [0.15, 0.2) is 5.69 Å². The first-order chi connectivity index (χ1) is 9.49. The summed E-state index contributed by atoms with van der Waals surface area (Å²) in [6, 6.07) is 1.07. The number of nitrogens with two attached hydrogens (primary N) is 1. The molecule has 1 aromatic rings. The summed E-state index contributed by atoms with van der Waals surface area (Å²) in [4.78, 5) is 7.25. The normalized spacial score (nSPS) is 17.6. The number of aromatic nitrogens is 2. The van der Waals surface area contributed by atoms with Crippen LogP contribution in [0.2, 0.25) is 0 Å². The molecule has 1 saturated carbocycles. The van der Waals surface area contributed by atoms with Crippen LogP contribution >= 0.6 is 0 Å². The van der Waals surface area contributed by atoms with Gasteiger partial charge < -0.3 is 5.32 Å². The predicted octanol–water partition coefficient (Wildman–Crippen LogP) is 2.92. The Bertz CT molecular complexity index is 441. The van der Waals surface area contributed by atoms with Crippen LogP contribution in [0.3, 0.4) is 0 Å². The zero-order valence-electron chi connectivity index (χ0n) is 11.0. The number of halogens is 3. The van der Waals surface area contributed by atoms with E-state index in [-0.39, 0.29) is 17.8 Å². The van der Waals surface area contributed by atoms with Crippen molar-refractivity contribution < 1.29 is 13.2 Å². The van der Waals surface area contributed by atoms with Gasteiger partial charge in [-0.15, -0.1) is 0 Å². The van der Waals surface area contributed by atoms with Crippen molar-refractivity contribution in [1.82, 2.24) is 9.97 Å². The lowest BCUT2D eigenvalue weighted by atomic mass is 10.1. The third-order valence-electron chi connectivity index (χ3n) is 3.35. The molecule has 1 aromatic heterocycles. The van der Waals surface area contributed by atoms with Gasteiger partial charge in [-0.25, -0.2) is 10.8 Å². The summed E-state index contributed by atoms with van der Waals surface area (Å²) in [5, 5.41) is 3.06. The zero-order valence-corrected chi connectivity index (χ0v) is 11.0. The molecule has 5 nitrogen and oxygen atoms in total. The first kappa shape index (κ1) is 14.8. The highest BCUT2D eigenvalue weighted by atomic mass is 19.4. The number of hydrazine groups is 1. The fourth-order valence-corrected chi connectivity index (χ4v) is 2.36. The Labute approximate surface area is 115 Å². The van der Waals surface area contributed by atoms with Gasteiger partial charge in [-0.2, -0.15) is 18.2 Å². The highest BCUT2D eigenvalue weighted by Gasteiger charge is 2.34. The van der Waals surface area contributed by atoms with E-state index in [4.69, 9.17) is 5.84 Å². The van der Waals surface area contributed by atoms with Gasteiger partial charge in [-0.1, -0.05) is 25.7 Å². The largest absolute Gasteiger partial charge is 0.433 e. The molecule has 1 heterocycles. The minimum atomic E-state index is -4.52. The van der Waals surface area contributed by atoms with Crippen molar-refractivity contribution in [2.75, 3.05) is 10.7 Å². The van der Waals surface area contributed by atoms with E-state index in [1.165, 1.54) is 12.8 Å². The van der Waals surface area contributed by atoms with Crippen molar-refractivity contribution >= 4 is 11.8 Å². The van der Waals surface area contributed by atoms with Gasteiger partial charge in [0.1, 0.15) is 5.82 Å². The van der Waals surface area contributed by atoms with Crippen LogP contribution in [0.15, 0.2) is 6.07 Å². The molecule has 0 amide bonds. The summed E-state index contributed by atoms with van der Waals surface area (Å²) in [7, 11) is 0. The number of nitrogens with one attached hydrogen (secondary N) is 2. The van der Waals surface area contributed by atoms with Crippen molar-refractivity contribution in [2.45, 2.75) is 50.7 Å². The maximum Gasteiger partial charge on any atom is 0.433 e. The second kappa shape index (κ2) is 6.25. The Kier molecular flexibility index (Phi) is 4.64. The summed E-state index contributed by atoms with van der Waals surface area (Å²) >= 11 is 0. The molecule has 0 spiro atoms. The van der Waals surface area contributed by atoms with Crippen LogP contribution in [0, 0.1) is 0 Å². The molecule has 1 aliphatic carbocycles. The third kappa shape index (κ3) is 3.96. The molecule has 0 bridgehead atoms. The Balaban J connectivity index is 2.17. The van der Waals surface area contributed by atoms with E-state index < -0.39 is 11.9 Å². The number of hydrogen-bond acceptors (Lipinski definition) is 5. The summed E-state index contributed by atoms with van der Waals surface area (Å²) in [5.41, 5.74) is 1.06. The van der Waals surface area contributed by atoms with Crippen LogP contribution in [0.1, 0.15) is 44.2 Å². The van der Waals surface area contributed by atoms with Crippen molar-refractivity contribution in [1.29, 1.82) is 0 Å². The minimum absolute atomic E-state index is 0.152. The molecule has 4 N–H and O–H groups in total. The molecule has 20 heavy (non-hydrogen) atoms. The lowest BCUT2D eigenvalue weighted by Crippen LogP contribution is -2.22. The molecule has 1 aliphatic rings. The van der Waals surface area contributed by atoms with Crippen LogP contribution in [0.25, 0.3) is 0 Å². The standard InChI is InChI=1S/C12H18F3N5/c13-12(14,15)9-7-10(19-11(18-9)20-16)17-8-5-3-1-2-4-6-8/h7-8H,1-6,16H2,(H2,17,18,19,20). The van der Waals surface area contributed by atoms with Gasteiger partial charge >= 0.3 is 6.18 Å². The van der Waals surface area contributed by atoms with Gasteiger partial charge in [-0.05, 0) is 12.8 Å². The fraction of sp³-hybridized carbons (Fsp3) is 0.667. The van der Waals surface area contributed by atoms with Crippen molar-refractivity contribution in [3.8, 4) is 0 Å².